The van der Waals surface area contributed by atoms with Gasteiger partial charge in [0.15, 0.2) is 0 Å². The number of aryl methyl sites for hydroxylation is 1. The third-order valence-electron chi connectivity index (χ3n) is 5.73. The van der Waals surface area contributed by atoms with E-state index in [0.29, 0.717) is 24.3 Å². The monoisotopic (exact) mass is 448 g/mol. The Morgan fingerprint density at radius 2 is 1.85 bits per heavy atom. The van der Waals surface area contributed by atoms with Gasteiger partial charge in [-0.3, -0.25) is 9.78 Å². The average molecular weight is 449 g/mol. The van der Waals surface area contributed by atoms with Gasteiger partial charge in [0.25, 0.3) is 0 Å². The van der Waals surface area contributed by atoms with E-state index in [4.69, 9.17) is 5.73 Å². The number of nitrogens with one attached hydrogen (secondary N) is 1. The molecular formula is C27H24N6O. The molecule has 0 fully saturated rings. The van der Waals surface area contributed by atoms with Gasteiger partial charge >= 0.3 is 0 Å². The molecule has 5 aromatic rings. The first-order valence-electron chi connectivity index (χ1n) is 11.1. The zero-order valence-electron chi connectivity index (χ0n) is 18.6. The number of nitrogen functional groups attached to an aromatic ring is 1. The number of benzene rings is 3. The van der Waals surface area contributed by atoms with Crippen LogP contribution in [0, 0.1) is 0 Å². The molecule has 1 amide bonds. The highest BCUT2D eigenvalue weighted by molar-refractivity contribution is 5.95. The summed E-state index contributed by atoms with van der Waals surface area (Å²) in [5.74, 6) is -0.126. The molecule has 0 saturated heterocycles. The van der Waals surface area contributed by atoms with Crippen molar-refractivity contribution >= 4 is 28.1 Å². The van der Waals surface area contributed by atoms with E-state index >= 15 is 0 Å². The standard InChI is InChI=1S/C27H24N6O/c28-25-12-10-20(21-8-4-14-29-16-21)15-26(25)30-27(34)13-11-23-18-33(32-31-23)17-22-7-3-6-19-5-1-2-9-24(19)22/h1-10,12,14-16,18H,11,13,17,28H2,(H,30,34). The Bertz CT molecular complexity index is 1440. The van der Waals surface area contributed by atoms with E-state index in [-0.39, 0.29) is 12.3 Å². The van der Waals surface area contributed by atoms with Gasteiger partial charge in [-0.05, 0) is 40.1 Å². The van der Waals surface area contributed by atoms with Crippen molar-refractivity contribution in [2.45, 2.75) is 19.4 Å². The summed E-state index contributed by atoms with van der Waals surface area (Å²) in [6.07, 6.45) is 6.17. The lowest BCUT2D eigenvalue weighted by Crippen LogP contribution is -2.13. The lowest BCUT2D eigenvalue weighted by atomic mass is 10.0. The Hall–Kier alpha value is -4.52. The summed E-state index contributed by atoms with van der Waals surface area (Å²) in [5.41, 5.74) is 11.0. The van der Waals surface area contributed by atoms with Crippen LogP contribution in [-0.2, 0) is 17.8 Å². The van der Waals surface area contributed by atoms with E-state index in [1.807, 2.05) is 47.3 Å². The highest BCUT2D eigenvalue weighted by atomic mass is 16.1. The summed E-state index contributed by atoms with van der Waals surface area (Å²) < 4.78 is 1.81. The van der Waals surface area contributed by atoms with Gasteiger partial charge in [-0.1, -0.05) is 59.8 Å². The van der Waals surface area contributed by atoms with Gasteiger partial charge in [0.2, 0.25) is 5.91 Å². The first-order chi connectivity index (χ1) is 16.7. The van der Waals surface area contributed by atoms with Crippen LogP contribution >= 0.6 is 0 Å². The van der Waals surface area contributed by atoms with E-state index in [9.17, 15) is 4.79 Å². The number of carbonyl (C=O) groups is 1. The lowest BCUT2D eigenvalue weighted by molar-refractivity contribution is -0.116. The van der Waals surface area contributed by atoms with Gasteiger partial charge in [0.1, 0.15) is 0 Å². The maximum absolute atomic E-state index is 12.6. The van der Waals surface area contributed by atoms with Crippen molar-refractivity contribution in [1.82, 2.24) is 20.0 Å². The molecule has 0 atom stereocenters. The van der Waals surface area contributed by atoms with Gasteiger partial charge in [-0.15, -0.1) is 5.10 Å². The fraction of sp³-hybridized carbons (Fsp3) is 0.111. The van der Waals surface area contributed by atoms with E-state index in [1.54, 1.807) is 18.5 Å². The molecule has 3 aromatic carbocycles. The van der Waals surface area contributed by atoms with Gasteiger partial charge < -0.3 is 11.1 Å². The largest absolute Gasteiger partial charge is 0.397 e. The number of carbonyl (C=O) groups excluding carboxylic acids is 1. The van der Waals surface area contributed by atoms with E-state index in [2.05, 4.69) is 50.9 Å². The number of hydrogen-bond donors (Lipinski definition) is 2. The summed E-state index contributed by atoms with van der Waals surface area (Å²) in [4.78, 5) is 16.7. The quantitative estimate of drug-likeness (QED) is 0.352. The van der Waals surface area contributed by atoms with E-state index < -0.39 is 0 Å². The SMILES string of the molecule is Nc1ccc(-c2cccnc2)cc1NC(=O)CCc1cn(Cc2cccc3ccccc23)nn1. The first-order valence-corrected chi connectivity index (χ1v) is 11.1. The van der Waals surface area contributed by atoms with E-state index in [1.165, 1.54) is 16.3 Å². The van der Waals surface area contributed by atoms with Crippen molar-refractivity contribution < 1.29 is 4.79 Å². The minimum atomic E-state index is -0.126. The van der Waals surface area contributed by atoms with Crippen LogP contribution in [0.5, 0.6) is 0 Å². The fourth-order valence-corrected chi connectivity index (χ4v) is 3.97. The number of rotatable bonds is 7. The molecule has 7 nitrogen and oxygen atoms in total. The number of nitrogens with two attached hydrogens (primary N) is 1. The smallest absolute Gasteiger partial charge is 0.224 e. The normalized spacial score (nSPS) is 10.9. The molecule has 0 aliphatic heterocycles. The molecule has 7 heteroatoms. The summed E-state index contributed by atoms with van der Waals surface area (Å²) >= 11 is 0. The van der Waals surface area contributed by atoms with Gasteiger partial charge in [-0.2, -0.15) is 0 Å². The van der Waals surface area contributed by atoms with Crippen LogP contribution in [0.4, 0.5) is 11.4 Å². The molecule has 0 spiro atoms. The number of fused-ring (bicyclic) bond motifs is 1. The summed E-state index contributed by atoms with van der Waals surface area (Å²) in [7, 11) is 0. The van der Waals surface area contributed by atoms with Crippen molar-refractivity contribution in [2.24, 2.45) is 0 Å². The second-order valence-corrected chi connectivity index (χ2v) is 8.14. The molecule has 3 N–H and O–H groups in total. The van der Waals surface area contributed by atoms with Crippen molar-refractivity contribution in [2.75, 3.05) is 11.1 Å². The van der Waals surface area contributed by atoms with Crippen LogP contribution in [0.15, 0.2) is 91.4 Å². The molecule has 0 bridgehead atoms. The minimum absolute atomic E-state index is 0.126. The third-order valence-corrected chi connectivity index (χ3v) is 5.73. The Morgan fingerprint density at radius 3 is 2.74 bits per heavy atom. The van der Waals surface area contributed by atoms with Crippen LogP contribution in [0.1, 0.15) is 17.7 Å². The molecule has 5 rings (SSSR count). The van der Waals surface area contributed by atoms with Crippen LogP contribution in [0.25, 0.3) is 21.9 Å². The summed E-state index contributed by atoms with van der Waals surface area (Å²) in [6, 6.07) is 23.9. The Morgan fingerprint density at radius 1 is 0.971 bits per heavy atom. The summed E-state index contributed by atoms with van der Waals surface area (Å²) in [5, 5.41) is 13.8. The topological polar surface area (TPSA) is 98.7 Å². The maximum atomic E-state index is 12.6. The van der Waals surface area contributed by atoms with Crippen molar-refractivity contribution in [3.8, 4) is 11.1 Å². The second-order valence-electron chi connectivity index (χ2n) is 8.14. The zero-order valence-corrected chi connectivity index (χ0v) is 18.6. The van der Waals surface area contributed by atoms with Crippen LogP contribution < -0.4 is 11.1 Å². The number of hydrogen-bond acceptors (Lipinski definition) is 5. The highest BCUT2D eigenvalue weighted by Crippen LogP contribution is 2.27. The predicted molar refractivity (Wildman–Crippen MR) is 134 cm³/mol. The molecule has 0 aliphatic rings. The Labute approximate surface area is 197 Å². The fourth-order valence-electron chi connectivity index (χ4n) is 3.97. The highest BCUT2D eigenvalue weighted by Gasteiger charge is 2.10. The Balaban J connectivity index is 1.21. The molecular weight excluding hydrogens is 424 g/mol. The number of aromatic nitrogens is 4. The molecule has 0 unspecified atom stereocenters. The van der Waals surface area contributed by atoms with Crippen molar-refractivity contribution in [3.63, 3.8) is 0 Å². The first kappa shape index (κ1) is 21.3. The van der Waals surface area contributed by atoms with Crippen molar-refractivity contribution in [3.05, 3.63) is 103 Å². The predicted octanol–water partition coefficient (Wildman–Crippen LogP) is 4.70. The minimum Gasteiger partial charge on any atom is -0.397 e. The molecule has 2 heterocycles. The van der Waals surface area contributed by atoms with Crippen LogP contribution in [0.2, 0.25) is 0 Å². The maximum Gasteiger partial charge on any atom is 0.224 e. The molecule has 2 aromatic heterocycles. The molecule has 34 heavy (non-hydrogen) atoms. The molecule has 168 valence electrons. The van der Waals surface area contributed by atoms with Gasteiger partial charge in [-0.25, -0.2) is 4.68 Å². The average Bonchev–Trinajstić information content (AvgIpc) is 3.32. The Kier molecular flexibility index (Phi) is 5.99. The zero-order chi connectivity index (χ0) is 23.3. The number of nitrogens with zero attached hydrogens (tertiary/aromatic N) is 4. The number of anilines is 2. The number of amides is 1. The second kappa shape index (κ2) is 9.54. The molecule has 0 radical (unpaired) electrons. The third kappa shape index (κ3) is 4.78. The van der Waals surface area contributed by atoms with Crippen LogP contribution in [0.3, 0.4) is 0 Å². The number of pyridine rings is 1. The van der Waals surface area contributed by atoms with Gasteiger partial charge in [0.05, 0.1) is 23.6 Å². The van der Waals surface area contributed by atoms with Crippen LogP contribution in [-0.4, -0.2) is 25.9 Å². The lowest BCUT2D eigenvalue weighted by Gasteiger charge is -2.10. The molecule has 0 saturated carbocycles. The van der Waals surface area contributed by atoms with Gasteiger partial charge in [0, 0.05) is 37.0 Å². The summed E-state index contributed by atoms with van der Waals surface area (Å²) in [6.45, 7) is 0.623. The van der Waals surface area contributed by atoms with Crippen molar-refractivity contribution in [1.29, 1.82) is 0 Å². The van der Waals surface area contributed by atoms with E-state index in [0.717, 1.165) is 16.8 Å². The molecule has 0 aliphatic carbocycles.